The van der Waals surface area contributed by atoms with E-state index in [4.69, 9.17) is 25.7 Å². The highest BCUT2D eigenvalue weighted by Gasteiger charge is 2.03. The number of primary amides is 1. The topological polar surface area (TPSA) is 126 Å². The van der Waals surface area contributed by atoms with Crippen molar-refractivity contribution >= 4 is 17.5 Å². The fraction of sp³-hybridized carbons (Fsp3) is 0.500. The maximum atomic E-state index is 11.8. The van der Waals surface area contributed by atoms with Crippen LogP contribution in [0.15, 0.2) is 24.3 Å². The van der Waals surface area contributed by atoms with Crippen molar-refractivity contribution in [3.05, 3.63) is 29.8 Å². The predicted octanol–water partition coefficient (Wildman–Crippen LogP) is -0.0762. The van der Waals surface area contributed by atoms with Crippen LogP contribution in [0.3, 0.4) is 0 Å². The molecule has 0 aliphatic rings. The Morgan fingerprint density at radius 3 is 2.00 bits per heavy atom. The molecular weight excluding hydrogens is 314 g/mol. The molecule has 0 aromatic heterocycles. The van der Waals surface area contributed by atoms with Crippen LogP contribution in [-0.4, -0.2) is 58.0 Å². The molecule has 5 N–H and O–H groups in total. The molecule has 8 heteroatoms. The monoisotopic (exact) mass is 339 g/mol. The third kappa shape index (κ3) is 9.78. The molecule has 0 aliphatic heterocycles. The molecule has 0 bridgehead atoms. The molecule has 1 aromatic rings. The van der Waals surface area contributed by atoms with Crippen LogP contribution in [-0.2, 0) is 19.0 Å². The number of nitrogens with two attached hydrogens (primary N) is 2. The second-order valence-electron chi connectivity index (χ2n) is 4.93. The van der Waals surface area contributed by atoms with Gasteiger partial charge in [-0.1, -0.05) is 0 Å². The van der Waals surface area contributed by atoms with Crippen molar-refractivity contribution in [2.24, 2.45) is 5.73 Å². The second-order valence-corrected chi connectivity index (χ2v) is 4.93. The highest BCUT2D eigenvalue weighted by Crippen LogP contribution is 2.04. The molecule has 8 nitrogen and oxygen atoms in total. The molecule has 0 spiro atoms. The van der Waals surface area contributed by atoms with Crippen LogP contribution < -0.4 is 16.8 Å². The molecule has 134 valence electrons. The van der Waals surface area contributed by atoms with Crippen LogP contribution in [0.25, 0.3) is 0 Å². The fourth-order valence-corrected chi connectivity index (χ4v) is 1.69. The third-order valence-corrected chi connectivity index (χ3v) is 2.94. The number of nitrogens with one attached hydrogen (secondary N) is 1. The molecule has 0 saturated carbocycles. The molecule has 0 saturated heterocycles. The summed E-state index contributed by atoms with van der Waals surface area (Å²) < 4.78 is 15.8. The Bertz CT molecular complexity index is 493. The number of ether oxygens (including phenoxy) is 3. The van der Waals surface area contributed by atoms with Gasteiger partial charge in [-0.2, -0.15) is 0 Å². The molecule has 0 atom stereocenters. The summed E-state index contributed by atoms with van der Waals surface area (Å²) in [6, 6.07) is 6.70. The molecular formula is C16H25N3O5. The van der Waals surface area contributed by atoms with Gasteiger partial charge >= 0.3 is 0 Å². The second kappa shape index (κ2) is 12.3. The van der Waals surface area contributed by atoms with Gasteiger partial charge in [0, 0.05) is 24.2 Å². The van der Waals surface area contributed by atoms with Crippen LogP contribution in [0.2, 0.25) is 0 Å². The first-order valence-corrected chi connectivity index (χ1v) is 7.75. The molecule has 0 aliphatic carbocycles. The minimum Gasteiger partial charge on any atom is -0.399 e. The Balaban J connectivity index is 1.89. The summed E-state index contributed by atoms with van der Waals surface area (Å²) in [6.45, 7) is 2.83. The Kier molecular flexibility index (Phi) is 10.2. The normalized spacial score (nSPS) is 10.5. The van der Waals surface area contributed by atoms with Crippen LogP contribution >= 0.6 is 0 Å². The van der Waals surface area contributed by atoms with Gasteiger partial charge in [0.15, 0.2) is 0 Å². The van der Waals surface area contributed by atoms with Crippen LogP contribution in [0.4, 0.5) is 5.69 Å². The largest absolute Gasteiger partial charge is 0.399 e. The van der Waals surface area contributed by atoms with Crippen molar-refractivity contribution in [2.45, 2.75) is 6.42 Å². The number of hydrogen-bond donors (Lipinski definition) is 3. The van der Waals surface area contributed by atoms with Gasteiger partial charge in [-0.05, 0) is 24.3 Å². The van der Waals surface area contributed by atoms with Gasteiger partial charge in [-0.3, -0.25) is 9.59 Å². The minimum atomic E-state index is -0.382. The first-order chi connectivity index (χ1) is 11.6. The van der Waals surface area contributed by atoms with Gasteiger partial charge in [0.1, 0.15) is 0 Å². The summed E-state index contributed by atoms with van der Waals surface area (Å²) >= 11 is 0. The van der Waals surface area contributed by atoms with Gasteiger partial charge in [0.05, 0.1) is 39.6 Å². The van der Waals surface area contributed by atoms with Gasteiger partial charge in [0.2, 0.25) is 5.91 Å². The van der Waals surface area contributed by atoms with Crippen LogP contribution in [0, 0.1) is 0 Å². The zero-order valence-electron chi connectivity index (χ0n) is 13.7. The van der Waals surface area contributed by atoms with E-state index in [9.17, 15) is 9.59 Å². The van der Waals surface area contributed by atoms with E-state index < -0.39 is 0 Å². The minimum absolute atomic E-state index is 0.164. The number of rotatable bonds is 13. The first kappa shape index (κ1) is 19.9. The summed E-state index contributed by atoms with van der Waals surface area (Å²) in [6.07, 6.45) is 0.213. The Labute approximate surface area is 141 Å². The van der Waals surface area contributed by atoms with Crippen molar-refractivity contribution in [3.8, 4) is 0 Å². The molecule has 0 fully saturated rings. The zero-order chi connectivity index (χ0) is 17.6. The third-order valence-electron chi connectivity index (χ3n) is 2.94. The number of benzene rings is 1. The van der Waals surface area contributed by atoms with Crippen molar-refractivity contribution in [3.63, 3.8) is 0 Å². The van der Waals surface area contributed by atoms with Crippen LogP contribution in [0.5, 0.6) is 0 Å². The first-order valence-electron chi connectivity index (χ1n) is 7.75. The highest BCUT2D eigenvalue weighted by molar-refractivity contribution is 5.94. The molecule has 0 heterocycles. The quantitative estimate of drug-likeness (QED) is 0.341. The van der Waals surface area contributed by atoms with Gasteiger partial charge < -0.3 is 31.0 Å². The molecule has 0 radical (unpaired) electrons. The lowest BCUT2D eigenvalue weighted by atomic mass is 10.2. The van der Waals surface area contributed by atoms with Gasteiger partial charge in [-0.15, -0.1) is 0 Å². The Hall–Kier alpha value is -2.16. The number of carbonyl (C=O) groups is 2. The summed E-state index contributed by atoms with van der Waals surface area (Å²) in [5.41, 5.74) is 11.7. The smallest absolute Gasteiger partial charge is 0.251 e. The highest BCUT2D eigenvalue weighted by atomic mass is 16.5. The molecule has 1 rings (SSSR count). The SMILES string of the molecule is NC(=O)CCOCCOCCOCCNC(=O)c1ccc(N)cc1. The van der Waals surface area contributed by atoms with E-state index >= 15 is 0 Å². The van der Waals surface area contributed by atoms with E-state index in [1.165, 1.54) is 0 Å². The van der Waals surface area contributed by atoms with E-state index in [1.54, 1.807) is 24.3 Å². The van der Waals surface area contributed by atoms with E-state index in [2.05, 4.69) is 5.32 Å². The number of anilines is 1. The summed E-state index contributed by atoms with van der Waals surface area (Å²) in [7, 11) is 0. The zero-order valence-corrected chi connectivity index (χ0v) is 13.7. The van der Waals surface area contributed by atoms with Gasteiger partial charge in [0.25, 0.3) is 5.91 Å². The van der Waals surface area contributed by atoms with Crippen LogP contribution in [0.1, 0.15) is 16.8 Å². The number of nitrogen functional groups attached to an aromatic ring is 1. The van der Waals surface area contributed by atoms with E-state index in [-0.39, 0.29) is 18.2 Å². The average molecular weight is 339 g/mol. The number of amides is 2. The summed E-state index contributed by atoms with van der Waals surface area (Å²) in [5.74, 6) is -0.546. The molecule has 24 heavy (non-hydrogen) atoms. The van der Waals surface area contributed by atoms with Crippen molar-refractivity contribution in [2.75, 3.05) is 51.9 Å². The lowest BCUT2D eigenvalue weighted by Crippen LogP contribution is -2.27. The maximum absolute atomic E-state index is 11.8. The average Bonchev–Trinajstić information content (AvgIpc) is 2.56. The number of hydrogen-bond acceptors (Lipinski definition) is 6. The lowest BCUT2D eigenvalue weighted by molar-refractivity contribution is -0.119. The Morgan fingerprint density at radius 1 is 0.875 bits per heavy atom. The molecule has 1 aromatic carbocycles. The number of carbonyl (C=O) groups excluding carboxylic acids is 2. The van der Waals surface area contributed by atoms with Gasteiger partial charge in [-0.25, -0.2) is 0 Å². The van der Waals surface area contributed by atoms with Crippen molar-refractivity contribution in [1.29, 1.82) is 0 Å². The fourth-order valence-electron chi connectivity index (χ4n) is 1.69. The Morgan fingerprint density at radius 2 is 1.42 bits per heavy atom. The molecule has 2 amide bonds. The standard InChI is InChI=1S/C16H25N3O5/c17-14-3-1-13(2-4-14)16(21)19-6-8-23-10-12-24-11-9-22-7-5-15(18)20/h1-4H,5-12,17H2,(H2,18,20)(H,19,21). The molecule has 0 unspecified atom stereocenters. The van der Waals surface area contributed by atoms with E-state index in [0.717, 1.165) is 0 Å². The summed E-state index contributed by atoms with van der Waals surface area (Å²) in [5, 5.41) is 2.75. The maximum Gasteiger partial charge on any atom is 0.251 e. The van der Waals surface area contributed by atoms with Crippen molar-refractivity contribution in [1.82, 2.24) is 5.32 Å². The predicted molar refractivity (Wildman–Crippen MR) is 89.5 cm³/mol. The lowest BCUT2D eigenvalue weighted by Gasteiger charge is -2.08. The van der Waals surface area contributed by atoms with E-state index in [0.29, 0.717) is 57.4 Å². The van der Waals surface area contributed by atoms with E-state index in [1.807, 2.05) is 0 Å². The summed E-state index contributed by atoms with van der Waals surface area (Å²) in [4.78, 5) is 22.2. The van der Waals surface area contributed by atoms with Crippen molar-refractivity contribution < 1.29 is 23.8 Å².